The Morgan fingerprint density at radius 1 is 0.812 bits per heavy atom. The van der Waals surface area contributed by atoms with E-state index in [1.807, 2.05) is 6.07 Å². The summed E-state index contributed by atoms with van der Waals surface area (Å²) in [4.78, 5) is 1.23. The SMILES string of the molecule is Nc1ccc(-c2cccc3ccccc23)s1. The molecular formula is C14H11NS. The fraction of sp³-hybridized carbons (Fsp3) is 0. The predicted octanol–water partition coefficient (Wildman–Crippen LogP) is 4.15. The molecule has 0 radical (unpaired) electrons. The first-order chi connectivity index (χ1) is 7.84. The minimum atomic E-state index is 0.864. The van der Waals surface area contributed by atoms with Crippen LogP contribution < -0.4 is 5.73 Å². The van der Waals surface area contributed by atoms with E-state index >= 15 is 0 Å². The van der Waals surface area contributed by atoms with Crippen LogP contribution in [0.3, 0.4) is 0 Å². The van der Waals surface area contributed by atoms with Gasteiger partial charge in [0.05, 0.1) is 5.00 Å². The molecule has 0 atom stereocenters. The maximum absolute atomic E-state index is 5.78. The lowest BCUT2D eigenvalue weighted by atomic mass is 10.0. The molecule has 0 aliphatic rings. The molecule has 2 N–H and O–H groups in total. The molecule has 0 bridgehead atoms. The second-order valence-electron chi connectivity index (χ2n) is 3.73. The second-order valence-corrected chi connectivity index (χ2v) is 4.84. The molecule has 1 aromatic heterocycles. The number of benzene rings is 2. The van der Waals surface area contributed by atoms with Gasteiger partial charge in [0.2, 0.25) is 0 Å². The third-order valence-corrected chi connectivity index (χ3v) is 3.63. The van der Waals surface area contributed by atoms with Crippen LogP contribution in [-0.4, -0.2) is 0 Å². The number of nitrogen functional groups attached to an aromatic ring is 1. The van der Waals surface area contributed by atoms with Crippen molar-refractivity contribution in [1.29, 1.82) is 0 Å². The van der Waals surface area contributed by atoms with Gasteiger partial charge < -0.3 is 5.73 Å². The number of nitrogens with two attached hydrogens (primary N) is 1. The first kappa shape index (κ1) is 9.43. The summed E-state index contributed by atoms with van der Waals surface area (Å²) in [6.07, 6.45) is 0. The zero-order valence-corrected chi connectivity index (χ0v) is 9.50. The first-order valence-electron chi connectivity index (χ1n) is 5.18. The third-order valence-electron chi connectivity index (χ3n) is 2.68. The van der Waals surface area contributed by atoms with Crippen molar-refractivity contribution in [3.63, 3.8) is 0 Å². The summed E-state index contributed by atoms with van der Waals surface area (Å²) >= 11 is 1.63. The lowest BCUT2D eigenvalue weighted by Gasteiger charge is -2.03. The van der Waals surface area contributed by atoms with Gasteiger partial charge in [0, 0.05) is 4.88 Å². The molecule has 3 aromatic rings. The monoisotopic (exact) mass is 225 g/mol. The van der Waals surface area contributed by atoms with E-state index in [1.165, 1.54) is 21.2 Å². The summed E-state index contributed by atoms with van der Waals surface area (Å²) in [5, 5.41) is 3.42. The molecule has 16 heavy (non-hydrogen) atoms. The van der Waals surface area contributed by atoms with Gasteiger partial charge in [-0.15, -0.1) is 11.3 Å². The number of anilines is 1. The van der Waals surface area contributed by atoms with Gasteiger partial charge in [0.15, 0.2) is 0 Å². The fourth-order valence-electron chi connectivity index (χ4n) is 1.94. The molecule has 1 heterocycles. The zero-order valence-electron chi connectivity index (χ0n) is 8.68. The smallest absolute Gasteiger partial charge is 0.0862 e. The summed E-state index contributed by atoms with van der Waals surface area (Å²) in [5.41, 5.74) is 7.04. The average Bonchev–Trinajstić information content (AvgIpc) is 2.75. The van der Waals surface area contributed by atoms with E-state index in [4.69, 9.17) is 5.73 Å². The molecule has 1 nitrogen and oxygen atoms in total. The van der Waals surface area contributed by atoms with Crippen LogP contribution in [0.5, 0.6) is 0 Å². The summed E-state index contributed by atoms with van der Waals surface area (Å²) in [7, 11) is 0. The van der Waals surface area contributed by atoms with Crippen LogP contribution >= 0.6 is 11.3 Å². The van der Waals surface area contributed by atoms with Gasteiger partial charge in [-0.05, 0) is 28.5 Å². The highest BCUT2D eigenvalue weighted by Gasteiger charge is 2.04. The Bertz CT molecular complexity index is 635. The van der Waals surface area contributed by atoms with E-state index in [9.17, 15) is 0 Å². The Balaban J connectivity index is 2.31. The molecule has 0 aliphatic carbocycles. The van der Waals surface area contributed by atoms with Crippen molar-refractivity contribution in [2.75, 3.05) is 5.73 Å². The minimum Gasteiger partial charge on any atom is -0.391 e. The molecule has 0 spiro atoms. The topological polar surface area (TPSA) is 26.0 Å². The number of rotatable bonds is 1. The van der Waals surface area contributed by atoms with E-state index in [2.05, 4.69) is 48.5 Å². The minimum absolute atomic E-state index is 0.864. The van der Waals surface area contributed by atoms with Crippen molar-refractivity contribution in [3.05, 3.63) is 54.6 Å². The highest BCUT2D eigenvalue weighted by molar-refractivity contribution is 7.19. The lowest BCUT2D eigenvalue weighted by Crippen LogP contribution is -1.77. The molecule has 3 rings (SSSR count). The van der Waals surface area contributed by atoms with Crippen molar-refractivity contribution in [2.24, 2.45) is 0 Å². The van der Waals surface area contributed by atoms with Gasteiger partial charge in [0.1, 0.15) is 0 Å². The Labute approximate surface area is 98.2 Å². The van der Waals surface area contributed by atoms with Crippen LogP contribution in [0.1, 0.15) is 0 Å². The van der Waals surface area contributed by atoms with Crippen molar-refractivity contribution in [3.8, 4) is 10.4 Å². The summed E-state index contributed by atoms with van der Waals surface area (Å²) in [5.74, 6) is 0. The first-order valence-corrected chi connectivity index (χ1v) is 6.00. The molecular weight excluding hydrogens is 214 g/mol. The van der Waals surface area contributed by atoms with Crippen molar-refractivity contribution >= 4 is 27.1 Å². The van der Waals surface area contributed by atoms with Crippen LogP contribution in [0.25, 0.3) is 21.2 Å². The van der Waals surface area contributed by atoms with Crippen LogP contribution in [0.4, 0.5) is 5.00 Å². The van der Waals surface area contributed by atoms with E-state index in [0.717, 1.165) is 5.00 Å². The quantitative estimate of drug-likeness (QED) is 0.661. The molecule has 0 aliphatic heterocycles. The summed E-state index contributed by atoms with van der Waals surface area (Å²) < 4.78 is 0. The fourth-order valence-corrected chi connectivity index (χ4v) is 2.75. The van der Waals surface area contributed by atoms with Crippen molar-refractivity contribution in [2.45, 2.75) is 0 Å². The number of hydrogen-bond donors (Lipinski definition) is 1. The van der Waals surface area contributed by atoms with E-state index < -0.39 is 0 Å². The van der Waals surface area contributed by atoms with Gasteiger partial charge in [-0.3, -0.25) is 0 Å². The van der Waals surface area contributed by atoms with Gasteiger partial charge in [-0.2, -0.15) is 0 Å². The van der Waals surface area contributed by atoms with Crippen LogP contribution in [0, 0.1) is 0 Å². The Morgan fingerprint density at radius 3 is 2.44 bits per heavy atom. The van der Waals surface area contributed by atoms with Gasteiger partial charge >= 0.3 is 0 Å². The van der Waals surface area contributed by atoms with Crippen LogP contribution in [0.15, 0.2) is 54.6 Å². The molecule has 78 valence electrons. The van der Waals surface area contributed by atoms with Crippen LogP contribution in [0.2, 0.25) is 0 Å². The normalized spacial score (nSPS) is 10.8. The average molecular weight is 225 g/mol. The Morgan fingerprint density at radius 2 is 1.62 bits per heavy atom. The van der Waals surface area contributed by atoms with Gasteiger partial charge in [-0.1, -0.05) is 42.5 Å². The van der Waals surface area contributed by atoms with E-state index in [1.54, 1.807) is 11.3 Å². The predicted molar refractivity (Wildman–Crippen MR) is 71.7 cm³/mol. The lowest BCUT2D eigenvalue weighted by molar-refractivity contribution is 1.74. The molecule has 0 fully saturated rings. The van der Waals surface area contributed by atoms with Gasteiger partial charge in [-0.25, -0.2) is 0 Å². The van der Waals surface area contributed by atoms with E-state index in [-0.39, 0.29) is 0 Å². The molecule has 0 amide bonds. The number of hydrogen-bond acceptors (Lipinski definition) is 2. The van der Waals surface area contributed by atoms with Crippen molar-refractivity contribution < 1.29 is 0 Å². The maximum atomic E-state index is 5.78. The molecule has 2 aromatic carbocycles. The largest absolute Gasteiger partial charge is 0.391 e. The highest BCUT2D eigenvalue weighted by Crippen LogP contribution is 2.34. The number of fused-ring (bicyclic) bond motifs is 1. The Kier molecular flexibility index (Phi) is 2.15. The third kappa shape index (κ3) is 1.48. The van der Waals surface area contributed by atoms with Gasteiger partial charge in [0.25, 0.3) is 0 Å². The molecule has 0 saturated carbocycles. The highest BCUT2D eigenvalue weighted by atomic mass is 32.1. The molecule has 0 unspecified atom stereocenters. The molecule has 2 heteroatoms. The van der Waals surface area contributed by atoms with Crippen LogP contribution in [-0.2, 0) is 0 Å². The molecule has 0 saturated heterocycles. The van der Waals surface area contributed by atoms with Crippen molar-refractivity contribution in [1.82, 2.24) is 0 Å². The summed E-state index contributed by atoms with van der Waals surface area (Å²) in [6, 6.07) is 18.8. The summed E-state index contributed by atoms with van der Waals surface area (Å²) in [6.45, 7) is 0. The van der Waals surface area contributed by atoms with E-state index in [0.29, 0.717) is 0 Å². The standard InChI is InChI=1S/C14H11NS/c15-14-9-8-13(16-14)12-7-3-5-10-4-1-2-6-11(10)12/h1-9H,15H2. The maximum Gasteiger partial charge on any atom is 0.0862 e. The Hall–Kier alpha value is -1.80. The number of thiophene rings is 1. The zero-order chi connectivity index (χ0) is 11.0. The second kappa shape index (κ2) is 3.65.